The fraction of sp³-hybridized carbons (Fsp3) is 0.538. The quantitative estimate of drug-likeness (QED) is 0.623. The second-order valence-corrected chi connectivity index (χ2v) is 4.80. The summed E-state index contributed by atoms with van der Waals surface area (Å²) in [5.41, 5.74) is 1.78. The first-order valence-electron chi connectivity index (χ1n) is 6.18. The summed E-state index contributed by atoms with van der Waals surface area (Å²) in [7, 11) is 1.95. The third-order valence-corrected chi connectivity index (χ3v) is 2.57. The Morgan fingerprint density at radius 1 is 1.39 bits per heavy atom. The van der Waals surface area contributed by atoms with E-state index >= 15 is 0 Å². The molecule has 5 heteroatoms. The van der Waals surface area contributed by atoms with Crippen molar-refractivity contribution in [2.24, 2.45) is 5.92 Å². The molecule has 0 amide bonds. The van der Waals surface area contributed by atoms with Crippen molar-refractivity contribution in [2.45, 2.75) is 20.8 Å². The van der Waals surface area contributed by atoms with Gasteiger partial charge in [-0.1, -0.05) is 13.8 Å². The van der Waals surface area contributed by atoms with E-state index in [0.29, 0.717) is 5.92 Å². The molecule has 0 saturated heterocycles. The summed E-state index contributed by atoms with van der Waals surface area (Å²) in [6.45, 7) is 7.83. The van der Waals surface area contributed by atoms with Crippen molar-refractivity contribution >= 4 is 17.1 Å². The summed E-state index contributed by atoms with van der Waals surface area (Å²) in [5.74, 6) is 0.511. The van der Waals surface area contributed by atoms with Gasteiger partial charge in [0.1, 0.15) is 0 Å². The van der Waals surface area contributed by atoms with Crippen molar-refractivity contribution < 1.29 is 4.92 Å². The van der Waals surface area contributed by atoms with E-state index in [1.165, 1.54) is 0 Å². The summed E-state index contributed by atoms with van der Waals surface area (Å²) < 4.78 is 0. The predicted octanol–water partition coefficient (Wildman–Crippen LogP) is 3.12. The maximum absolute atomic E-state index is 10.9. The molecule has 0 fully saturated rings. The van der Waals surface area contributed by atoms with Crippen LogP contribution in [0.2, 0.25) is 0 Å². The number of nitro groups is 1. The van der Waals surface area contributed by atoms with Crippen LogP contribution in [0.3, 0.4) is 0 Å². The standard InChI is InChI=1S/C13H21N3O2/c1-5-14-11-6-12(15(4)9-10(2)3)8-13(7-11)16(17)18/h6-8,10,14H,5,9H2,1-4H3. The van der Waals surface area contributed by atoms with Gasteiger partial charge in [-0.25, -0.2) is 0 Å². The molecule has 0 aliphatic heterocycles. The molecule has 0 saturated carbocycles. The van der Waals surface area contributed by atoms with Gasteiger partial charge < -0.3 is 10.2 Å². The monoisotopic (exact) mass is 251 g/mol. The fourth-order valence-electron chi connectivity index (χ4n) is 1.88. The largest absolute Gasteiger partial charge is 0.385 e. The van der Waals surface area contributed by atoms with Gasteiger partial charge in [0.25, 0.3) is 5.69 Å². The molecule has 0 spiro atoms. The first-order chi connectivity index (χ1) is 8.43. The number of hydrogen-bond acceptors (Lipinski definition) is 4. The zero-order valence-corrected chi connectivity index (χ0v) is 11.4. The molecule has 0 heterocycles. The molecule has 18 heavy (non-hydrogen) atoms. The molecule has 0 unspecified atom stereocenters. The highest BCUT2D eigenvalue weighted by atomic mass is 16.6. The van der Waals surface area contributed by atoms with Gasteiger partial charge in [0, 0.05) is 43.6 Å². The van der Waals surface area contributed by atoms with Gasteiger partial charge >= 0.3 is 0 Å². The minimum atomic E-state index is -0.354. The average molecular weight is 251 g/mol. The van der Waals surface area contributed by atoms with Crippen LogP contribution in [0.5, 0.6) is 0 Å². The van der Waals surface area contributed by atoms with E-state index < -0.39 is 0 Å². The number of non-ortho nitro benzene ring substituents is 1. The lowest BCUT2D eigenvalue weighted by Gasteiger charge is -2.22. The van der Waals surface area contributed by atoms with E-state index in [1.807, 2.05) is 24.9 Å². The van der Waals surface area contributed by atoms with Crippen molar-refractivity contribution in [2.75, 3.05) is 30.4 Å². The van der Waals surface area contributed by atoms with Gasteiger partial charge in [-0.05, 0) is 18.9 Å². The highest BCUT2D eigenvalue weighted by Gasteiger charge is 2.12. The van der Waals surface area contributed by atoms with Crippen LogP contribution >= 0.6 is 0 Å². The molecule has 1 aromatic carbocycles. The molecule has 0 aliphatic carbocycles. The Bertz CT molecular complexity index is 419. The summed E-state index contributed by atoms with van der Waals surface area (Å²) in [6, 6.07) is 5.12. The average Bonchev–Trinajstić information content (AvgIpc) is 2.28. The number of benzene rings is 1. The van der Waals surface area contributed by atoms with E-state index in [0.717, 1.165) is 24.5 Å². The molecular weight excluding hydrogens is 230 g/mol. The second-order valence-electron chi connectivity index (χ2n) is 4.80. The Balaban J connectivity index is 3.05. The zero-order valence-electron chi connectivity index (χ0n) is 11.4. The lowest BCUT2D eigenvalue weighted by Crippen LogP contribution is -2.22. The summed E-state index contributed by atoms with van der Waals surface area (Å²) >= 11 is 0. The van der Waals surface area contributed by atoms with Crippen LogP contribution in [0.4, 0.5) is 17.1 Å². The van der Waals surface area contributed by atoms with Gasteiger partial charge in [-0.3, -0.25) is 10.1 Å². The zero-order chi connectivity index (χ0) is 13.7. The molecule has 1 rings (SSSR count). The van der Waals surface area contributed by atoms with Crippen molar-refractivity contribution in [3.8, 4) is 0 Å². The Kier molecular flexibility index (Phi) is 4.95. The second kappa shape index (κ2) is 6.23. The number of nitrogens with zero attached hydrogens (tertiary/aromatic N) is 2. The number of hydrogen-bond donors (Lipinski definition) is 1. The molecule has 0 radical (unpaired) electrons. The topological polar surface area (TPSA) is 58.4 Å². The Labute approximate surface area is 108 Å². The first kappa shape index (κ1) is 14.3. The number of anilines is 2. The van der Waals surface area contributed by atoms with Crippen molar-refractivity contribution in [1.82, 2.24) is 0 Å². The fourth-order valence-corrected chi connectivity index (χ4v) is 1.88. The summed E-state index contributed by atoms with van der Waals surface area (Å²) in [6.07, 6.45) is 0. The smallest absolute Gasteiger partial charge is 0.273 e. The van der Waals surface area contributed by atoms with Gasteiger partial charge in [-0.15, -0.1) is 0 Å². The lowest BCUT2D eigenvalue weighted by atomic mass is 10.2. The van der Waals surface area contributed by atoms with Gasteiger partial charge in [-0.2, -0.15) is 0 Å². The maximum atomic E-state index is 10.9. The van der Waals surface area contributed by atoms with E-state index in [9.17, 15) is 10.1 Å². The van der Waals surface area contributed by atoms with Crippen molar-refractivity contribution in [3.05, 3.63) is 28.3 Å². The van der Waals surface area contributed by atoms with Crippen molar-refractivity contribution in [3.63, 3.8) is 0 Å². The van der Waals surface area contributed by atoms with Crippen LogP contribution in [0.1, 0.15) is 20.8 Å². The predicted molar refractivity (Wildman–Crippen MR) is 75.4 cm³/mol. The first-order valence-corrected chi connectivity index (χ1v) is 6.18. The number of rotatable bonds is 6. The van der Waals surface area contributed by atoms with Crippen LogP contribution in [0.15, 0.2) is 18.2 Å². The molecule has 0 aliphatic rings. The molecule has 100 valence electrons. The maximum Gasteiger partial charge on any atom is 0.273 e. The van der Waals surface area contributed by atoms with Crippen LogP contribution in [0.25, 0.3) is 0 Å². The molecule has 0 atom stereocenters. The Morgan fingerprint density at radius 3 is 2.56 bits per heavy atom. The third-order valence-electron chi connectivity index (χ3n) is 2.57. The summed E-state index contributed by atoms with van der Waals surface area (Å²) in [5, 5.41) is 14.0. The molecule has 5 nitrogen and oxygen atoms in total. The minimum Gasteiger partial charge on any atom is -0.385 e. The minimum absolute atomic E-state index is 0.124. The molecular formula is C13H21N3O2. The number of nitrogens with one attached hydrogen (secondary N) is 1. The van der Waals surface area contributed by atoms with Crippen LogP contribution in [-0.4, -0.2) is 25.1 Å². The normalized spacial score (nSPS) is 10.5. The van der Waals surface area contributed by atoms with Crippen molar-refractivity contribution in [1.29, 1.82) is 0 Å². The number of nitro benzene ring substituents is 1. The van der Waals surface area contributed by atoms with Gasteiger partial charge in [0.15, 0.2) is 0 Å². The summed E-state index contributed by atoms with van der Waals surface area (Å²) in [4.78, 5) is 12.6. The van der Waals surface area contributed by atoms with Crippen LogP contribution in [0, 0.1) is 16.0 Å². The molecule has 0 aromatic heterocycles. The molecule has 1 N–H and O–H groups in total. The Hall–Kier alpha value is -1.78. The van der Waals surface area contributed by atoms with E-state index in [2.05, 4.69) is 19.2 Å². The highest BCUT2D eigenvalue weighted by molar-refractivity contribution is 5.64. The van der Waals surface area contributed by atoms with Gasteiger partial charge in [0.2, 0.25) is 0 Å². The third kappa shape index (κ3) is 3.91. The molecule has 1 aromatic rings. The Morgan fingerprint density at radius 2 is 2.06 bits per heavy atom. The highest BCUT2D eigenvalue weighted by Crippen LogP contribution is 2.26. The molecule has 0 bridgehead atoms. The van der Waals surface area contributed by atoms with E-state index in [-0.39, 0.29) is 10.6 Å². The van der Waals surface area contributed by atoms with Gasteiger partial charge in [0.05, 0.1) is 4.92 Å². The lowest BCUT2D eigenvalue weighted by molar-refractivity contribution is -0.384. The van der Waals surface area contributed by atoms with E-state index in [4.69, 9.17) is 0 Å². The SMILES string of the molecule is CCNc1cc(N(C)CC(C)C)cc([N+](=O)[O-])c1. The van der Waals surface area contributed by atoms with Crippen LogP contribution < -0.4 is 10.2 Å². The van der Waals surface area contributed by atoms with E-state index in [1.54, 1.807) is 12.1 Å². The van der Waals surface area contributed by atoms with Crippen LogP contribution in [-0.2, 0) is 0 Å².